The first-order valence-electron chi connectivity index (χ1n) is 9.12. The van der Waals surface area contributed by atoms with Gasteiger partial charge in [-0.1, -0.05) is 48.5 Å². The second kappa shape index (κ2) is 7.12. The fraction of sp³-hybridized carbons (Fsp3) is 0.409. The quantitative estimate of drug-likeness (QED) is 0.866. The number of nitrogens with zero attached hydrogens (tertiary/aromatic N) is 1. The van der Waals surface area contributed by atoms with Crippen molar-refractivity contribution in [3.8, 4) is 11.1 Å². The van der Waals surface area contributed by atoms with Crippen LogP contribution in [-0.2, 0) is 4.74 Å². The maximum absolute atomic E-state index is 12.6. The van der Waals surface area contributed by atoms with E-state index in [1.807, 2.05) is 38.1 Å². The Morgan fingerprint density at radius 2 is 1.58 bits per heavy atom. The van der Waals surface area contributed by atoms with Crippen molar-refractivity contribution in [2.45, 2.75) is 45.3 Å². The van der Waals surface area contributed by atoms with Crippen LogP contribution in [0.1, 0.15) is 44.7 Å². The molecule has 0 saturated heterocycles. The maximum atomic E-state index is 12.6. The van der Waals surface area contributed by atoms with Crippen molar-refractivity contribution < 1.29 is 14.6 Å². The molecule has 4 heteroatoms. The number of benzene rings is 2. The molecule has 0 spiro atoms. The van der Waals surface area contributed by atoms with Crippen LogP contribution < -0.4 is 0 Å². The van der Waals surface area contributed by atoms with Crippen LogP contribution in [-0.4, -0.2) is 40.9 Å². The predicted octanol–water partition coefficient (Wildman–Crippen LogP) is 4.42. The number of carbonyl (C=O) groups excluding carboxylic acids is 1. The Kier molecular flexibility index (Phi) is 5.05. The SMILES string of the molecule is CC(C)N(CC(C)(C)O)C(=O)OCC1c2ccccc2-c2ccccc21. The summed E-state index contributed by atoms with van der Waals surface area (Å²) in [6.07, 6.45) is -0.385. The van der Waals surface area contributed by atoms with Gasteiger partial charge in [0.15, 0.2) is 0 Å². The van der Waals surface area contributed by atoms with Crippen LogP contribution in [0.4, 0.5) is 4.79 Å². The van der Waals surface area contributed by atoms with Gasteiger partial charge in [-0.15, -0.1) is 0 Å². The van der Waals surface area contributed by atoms with E-state index < -0.39 is 5.60 Å². The fourth-order valence-corrected chi connectivity index (χ4v) is 3.55. The lowest BCUT2D eigenvalue weighted by atomic mass is 9.98. The van der Waals surface area contributed by atoms with Gasteiger partial charge in [0, 0.05) is 12.0 Å². The van der Waals surface area contributed by atoms with Crippen molar-refractivity contribution in [1.29, 1.82) is 0 Å². The van der Waals surface area contributed by atoms with E-state index in [9.17, 15) is 9.90 Å². The highest BCUT2D eigenvalue weighted by Gasteiger charge is 2.31. The summed E-state index contributed by atoms with van der Waals surface area (Å²) in [5.74, 6) is 0.0440. The van der Waals surface area contributed by atoms with Crippen LogP contribution in [0.25, 0.3) is 11.1 Å². The molecule has 2 aromatic rings. The minimum absolute atomic E-state index is 0.0440. The Morgan fingerprint density at radius 1 is 1.08 bits per heavy atom. The molecule has 0 heterocycles. The molecular weight excluding hydrogens is 326 g/mol. The van der Waals surface area contributed by atoms with E-state index in [1.54, 1.807) is 18.7 Å². The molecule has 26 heavy (non-hydrogen) atoms. The van der Waals surface area contributed by atoms with Gasteiger partial charge in [0.25, 0.3) is 0 Å². The first kappa shape index (κ1) is 18.5. The molecule has 0 fully saturated rings. The average Bonchev–Trinajstić information content (AvgIpc) is 2.91. The summed E-state index contributed by atoms with van der Waals surface area (Å²) >= 11 is 0. The number of fused-ring (bicyclic) bond motifs is 3. The Hall–Kier alpha value is -2.33. The van der Waals surface area contributed by atoms with Crippen molar-refractivity contribution >= 4 is 6.09 Å². The van der Waals surface area contributed by atoms with Gasteiger partial charge in [-0.3, -0.25) is 0 Å². The highest BCUT2D eigenvalue weighted by molar-refractivity contribution is 5.79. The zero-order valence-electron chi connectivity index (χ0n) is 15.9. The summed E-state index contributed by atoms with van der Waals surface area (Å²) < 4.78 is 5.68. The van der Waals surface area contributed by atoms with Gasteiger partial charge in [-0.2, -0.15) is 0 Å². The normalized spacial score (nSPS) is 13.5. The van der Waals surface area contributed by atoms with Gasteiger partial charge in [0.1, 0.15) is 6.61 Å². The highest BCUT2D eigenvalue weighted by atomic mass is 16.6. The number of hydrogen-bond donors (Lipinski definition) is 1. The van der Waals surface area contributed by atoms with Gasteiger partial charge in [-0.25, -0.2) is 4.79 Å². The zero-order chi connectivity index (χ0) is 18.9. The third kappa shape index (κ3) is 3.75. The van der Waals surface area contributed by atoms with Gasteiger partial charge in [0.2, 0.25) is 0 Å². The molecule has 0 atom stereocenters. The third-order valence-corrected chi connectivity index (χ3v) is 4.75. The van der Waals surface area contributed by atoms with E-state index >= 15 is 0 Å². The van der Waals surface area contributed by atoms with Crippen molar-refractivity contribution in [2.75, 3.05) is 13.2 Å². The molecule has 1 amide bonds. The second-order valence-electron chi connectivity index (χ2n) is 7.84. The molecule has 0 saturated carbocycles. The lowest BCUT2D eigenvalue weighted by molar-refractivity contribution is 0.0178. The molecule has 0 radical (unpaired) electrons. The van der Waals surface area contributed by atoms with Crippen molar-refractivity contribution in [3.05, 3.63) is 59.7 Å². The monoisotopic (exact) mass is 353 g/mol. The van der Waals surface area contributed by atoms with Crippen LogP contribution >= 0.6 is 0 Å². The fourth-order valence-electron chi connectivity index (χ4n) is 3.55. The molecular formula is C22H27NO3. The first-order chi connectivity index (χ1) is 12.3. The van der Waals surface area contributed by atoms with Crippen LogP contribution in [0.15, 0.2) is 48.5 Å². The van der Waals surface area contributed by atoms with Gasteiger partial charge < -0.3 is 14.7 Å². The van der Waals surface area contributed by atoms with E-state index in [1.165, 1.54) is 22.3 Å². The van der Waals surface area contributed by atoms with Crippen LogP contribution in [0.3, 0.4) is 0 Å². The summed E-state index contributed by atoms with van der Waals surface area (Å²) in [5.41, 5.74) is 3.85. The summed E-state index contributed by atoms with van der Waals surface area (Å²) in [7, 11) is 0. The molecule has 0 aromatic heterocycles. The first-order valence-corrected chi connectivity index (χ1v) is 9.12. The van der Waals surface area contributed by atoms with E-state index in [0.29, 0.717) is 6.61 Å². The van der Waals surface area contributed by atoms with Gasteiger partial charge in [0.05, 0.1) is 12.1 Å². The number of carbonyl (C=O) groups is 1. The Labute approximate surface area is 155 Å². The van der Waals surface area contributed by atoms with Gasteiger partial charge in [-0.05, 0) is 49.9 Å². The number of ether oxygens (including phenoxy) is 1. The van der Waals surface area contributed by atoms with Crippen molar-refractivity contribution in [2.24, 2.45) is 0 Å². The minimum atomic E-state index is -0.962. The predicted molar refractivity (Wildman–Crippen MR) is 103 cm³/mol. The second-order valence-corrected chi connectivity index (χ2v) is 7.84. The van der Waals surface area contributed by atoms with E-state index in [4.69, 9.17) is 4.74 Å². The molecule has 4 nitrogen and oxygen atoms in total. The number of hydrogen-bond acceptors (Lipinski definition) is 3. The van der Waals surface area contributed by atoms with Crippen molar-refractivity contribution in [1.82, 2.24) is 4.90 Å². The largest absolute Gasteiger partial charge is 0.448 e. The third-order valence-electron chi connectivity index (χ3n) is 4.75. The molecule has 1 aliphatic rings. The van der Waals surface area contributed by atoms with E-state index in [-0.39, 0.29) is 24.6 Å². The Balaban J connectivity index is 1.78. The van der Waals surface area contributed by atoms with E-state index in [0.717, 1.165) is 0 Å². The molecule has 138 valence electrons. The number of rotatable bonds is 5. The molecule has 1 aliphatic carbocycles. The Bertz CT molecular complexity index is 746. The van der Waals surface area contributed by atoms with Crippen LogP contribution in [0.5, 0.6) is 0 Å². The lowest BCUT2D eigenvalue weighted by Crippen LogP contribution is -2.46. The molecule has 1 N–H and O–H groups in total. The molecule has 0 unspecified atom stereocenters. The van der Waals surface area contributed by atoms with E-state index in [2.05, 4.69) is 24.3 Å². The topological polar surface area (TPSA) is 49.8 Å². The summed E-state index contributed by atoms with van der Waals surface area (Å²) in [5, 5.41) is 10.1. The maximum Gasteiger partial charge on any atom is 0.410 e. The summed E-state index contributed by atoms with van der Waals surface area (Å²) in [6.45, 7) is 7.77. The molecule has 0 bridgehead atoms. The smallest absolute Gasteiger partial charge is 0.410 e. The standard InChI is InChI=1S/C22H27NO3/c1-15(2)23(14-22(3,4)25)21(24)26-13-20-18-11-7-5-9-16(18)17-10-6-8-12-19(17)20/h5-12,15,20,25H,13-14H2,1-4H3. The zero-order valence-corrected chi connectivity index (χ0v) is 15.9. The summed E-state index contributed by atoms with van der Waals surface area (Å²) in [6, 6.07) is 16.5. The lowest BCUT2D eigenvalue weighted by Gasteiger charge is -2.31. The van der Waals surface area contributed by atoms with Gasteiger partial charge >= 0.3 is 6.09 Å². The highest BCUT2D eigenvalue weighted by Crippen LogP contribution is 2.44. The van der Waals surface area contributed by atoms with Crippen LogP contribution in [0, 0.1) is 0 Å². The number of amides is 1. The van der Waals surface area contributed by atoms with Crippen LogP contribution in [0.2, 0.25) is 0 Å². The van der Waals surface area contributed by atoms with Crippen molar-refractivity contribution in [3.63, 3.8) is 0 Å². The Morgan fingerprint density at radius 3 is 2.04 bits per heavy atom. The molecule has 0 aliphatic heterocycles. The average molecular weight is 353 g/mol. The number of aliphatic hydroxyl groups is 1. The molecule has 2 aromatic carbocycles. The summed E-state index contributed by atoms with van der Waals surface area (Å²) in [4.78, 5) is 14.2. The minimum Gasteiger partial charge on any atom is -0.448 e. The molecule has 3 rings (SSSR count).